The molecule has 0 unspecified atom stereocenters. The molecule has 0 bridgehead atoms. The molecule has 0 atom stereocenters. The fourth-order valence-electron chi connectivity index (χ4n) is 1.66. The van der Waals surface area contributed by atoms with Crippen molar-refractivity contribution in [3.8, 4) is 16.5 Å². The summed E-state index contributed by atoms with van der Waals surface area (Å²) in [5, 5.41) is 7.92. The Hall–Kier alpha value is -1.99. The highest BCUT2D eigenvalue weighted by molar-refractivity contribution is 9.11. The van der Waals surface area contributed by atoms with Gasteiger partial charge in [-0.2, -0.15) is 0 Å². The molecule has 106 valence electrons. The molecule has 0 aliphatic heterocycles. The van der Waals surface area contributed by atoms with Crippen molar-refractivity contribution in [1.29, 1.82) is 0 Å². The molecule has 0 aliphatic carbocycles. The summed E-state index contributed by atoms with van der Waals surface area (Å²) >= 11 is 4.90. The van der Waals surface area contributed by atoms with Crippen molar-refractivity contribution < 1.29 is 13.9 Å². The van der Waals surface area contributed by atoms with Gasteiger partial charge in [-0.25, -0.2) is 0 Å². The van der Waals surface area contributed by atoms with E-state index in [1.807, 2.05) is 12.1 Å². The summed E-state index contributed by atoms with van der Waals surface area (Å²) in [6, 6.07) is 10.7. The van der Waals surface area contributed by atoms with Gasteiger partial charge in [-0.3, -0.25) is 4.79 Å². The van der Waals surface area contributed by atoms with Crippen molar-refractivity contribution in [1.82, 2.24) is 10.2 Å². The zero-order chi connectivity index (χ0) is 14.7. The van der Waals surface area contributed by atoms with Crippen LogP contribution in [0.1, 0.15) is 16.2 Å². The second-order valence-corrected chi connectivity index (χ2v) is 6.55. The quantitative estimate of drug-likeness (QED) is 0.641. The van der Waals surface area contributed by atoms with Gasteiger partial charge < -0.3 is 9.15 Å². The number of hydrogen-bond acceptors (Lipinski definition) is 6. The van der Waals surface area contributed by atoms with Gasteiger partial charge in [-0.15, -0.1) is 21.5 Å². The van der Waals surface area contributed by atoms with Gasteiger partial charge in [0.1, 0.15) is 12.0 Å². The summed E-state index contributed by atoms with van der Waals surface area (Å²) in [5.41, 5.74) is 0.558. The molecule has 0 N–H and O–H groups in total. The Bertz CT molecular complexity index is 769. The number of ether oxygens (including phenoxy) is 1. The molecule has 0 amide bonds. The molecular weight excluding hydrogens is 356 g/mol. The fraction of sp³-hybridized carbons (Fsp3) is 0.0714. The number of carbonyl (C=O) groups is 1. The molecule has 0 spiro atoms. The van der Waals surface area contributed by atoms with Crippen LogP contribution in [0.25, 0.3) is 10.8 Å². The molecule has 0 aliphatic rings. The van der Waals surface area contributed by atoms with E-state index in [9.17, 15) is 4.79 Å². The molecule has 3 aromatic rings. The monoisotopic (exact) mass is 364 g/mol. The van der Waals surface area contributed by atoms with Gasteiger partial charge in [0.2, 0.25) is 0 Å². The Morgan fingerprint density at radius 1 is 1.29 bits per heavy atom. The molecule has 0 saturated heterocycles. The third kappa shape index (κ3) is 3.37. The Labute approximate surface area is 132 Å². The number of thiophene rings is 1. The maximum atomic E-state index is 10.7. The van der Waals surface area contributed by atoms with Crippen LogP contribution < -0.4 is 4.74 Å². The number of halogens is 1. The third-order valence-corrected chi connectivity index (χ3v) is 4.22. The van der Waals surface area contributed by atoms with Crippen molar-refractivity contribution in [2.24, 2.45) is 0 Å². The lowest BCUT2D eigenvalue weighted by Crippen LogP contribution is -1.96. The molecule has 2 heterocycles. The van der Waals surface area contributed by atoms with Gasteiger partial charge >= 0.3 is 0 Å². The maximum Gasteiger partial charge on any atom is 0.257 e. The van der Waals surface area contributed by atoms with E-state index in [-0.39, 0.29) is 6.61 Å². The first kappa shape index (κ1) is 14.0. The number of benzene rings is 1. The Morgan fingerprint density at radius 2 is 2.19 bits per heavy atom. The lowest BCUT2D eigenvalue weighted by molar-refractivity contribution is 0.112. The number of aldehydes is 1. The van der Waals surface area contributed by atoms with Crippen LogP contribution in [-0.4, -0.2) is 16.5 Å². The van der Waals surface area contributed by atoms with Crippen LogP contribution in [0.2, 0.25) is 0 Å². The molecule has 2 aromatic heterocycles. The highest BCUT2D eigenvalue weighted by Crippen LogP contribution is 2.30. The largest absolute Gasteiger partial charge is 0.484 e. The van der Waals surface area contributed by atoms with E-state index in [4.69, 9.17) is 9.15 Å². The first-order valence-corrected chi connectivity index (χ1v) is 7.61. The van der Waals surface area contributed by atoms with Gasteiger partial charge in [-0.05, 0) is 40.2 Å². The topological polar surface area (TPSA) is 65.2 Å². The lowest BCUT2D eigenvalue weighted by atomic mass is 10.2. The maximum absolute atomic E-state index is 10.7. The SMILES string of the molecule is O=Cc1cccc(OCc2nnc(-c3ccc(Br)s3)o2)c1. The zero-order valence-corrected chi connectivity index (χ0v) is 13.1. The summed E-state index contributed by atoms with van der Waals surface area (Å²) in [6.45, 7) is 0.155. The normalized spacial score (nSPS) is 10.5. The highest BCUT2D eigenvalue weighted by atomic mass is 79.9. The number of rotatable bonds is 5. The minimum Gasteiger partial charge on any atom is -0.484 e. The molecule has 5 nitrogen and oxygen atoms in total. The molecule has 21 heavy (non-hydrogen) atoms. The highest BCUT2D eigenvalue weighted by Gasteiger charge is 2.11. The molecule has 0 saturated carbocycles. The Balaban J connectivity index is 1.68. The van der Waals surface area contributed by atoms with Crippen molar-refractivity contribution in [2.75, 3.05) is 0 Å². The van der Waals surface area contributed by atoms with Crippen LogP contribution in [0, 0.1) is 0 Å². The molecule has 0 radical (unpaired) electrons. The summed E-state index contributed by atoms with van der Waals surface area (Å²) < 4.78 is 12.1. The van der Waals surface area contributed by atoms with E-state index >= 15 is 0 Å². The molecule has 7 heteroatoms. The predicted octanol–water partition coefficient (Wildman–Crippen LogP) is 3.95. The third-order valence-electron chi connectivity index (χ3n) is 2.61. The molecule has 1 aromatic carbocycles. The molecule has 0 fully saturated rings. The summed E-state index contributed by atoms with van der Waals surface area (Å²) in [5.74, 6) is 1.43. The van der Waals surface area contributed by atoms with Crippen molar-refractivity contribution in [3.63, 3.8) is 0 Å². The van der Waals surface area contributed by atoms with Gasteiger partial charge in [0, 0.05) is 5.56 Å². The van der Waals surface area contributed by atoms with Crippen LogP contribution in [0.15, 0.2) is 44.6 Å². The van der Waals surface area contributed by atoms with Gasteiger partial charge in [0.05, 0.1) is 8.66 Å². The van der Waals surface area contributed by atoms with Crippen molar-refractivity contribution in [3.05, 3.63) is 51.6 Å². The standard InChI is InChI=1S/C14H9BrN2O3S/c15-12-5-4-11(21-12)14-17-16-13(20-14)8-19-10-3-1-2-9(6-10)7-18/h1-7H,8H2. The van der Waals surface area contributed by atoms with Gasteiger partial charge in [0.15, 0.2) is 6.61 Å². The van der Waals surface area contributed by atoms with E-state index in [0.29, 0.717) is 23.1 Å². The summed E-state index contributed by atoms with van der Waals surface area (Å²) in [4.78, 5) is 11.6. The average Bonchev–Trinajstić information content (AvgIpc) is 3.14. The van der Waals surface area contributed by atoms with Crippen molar-refractivity contribution in [2.45, 2.75) is 6.61 Å². The number of carbonyl (C=O) groups excluding carboxylic acids is 1. The van der Waals surface area contributed by atoms with E-state index in [1.54, 1.807) is 24.3 Å². The lowest BCUT2D eigenvalue weighted by Gasteiger charge is -2.02. The molecular formula is C14H9BrN2O3S. The van der Waals surface area contributed by atoms with Crippen LogP contribution in [-0.2, 0) is 6.61 Å². The smallest absolute Gasteiger partial charge is 0.257 e. The van der Waals surface area contributed by atoms with Gasteiger partial charge in [0.25, 0.3) is 11.8 Å². The Morgan fingerprint density at radius 3 is 2.95 bits per heavy atom. The van der Waals surface area contributed by atoms with E-state index in [1.165, 1.54) is 11.3 Å². The fourth-order valence-corrected chi connectivity index (χ4v) is 2.97. The minimum absolute atomic E-state index is 0.155. The number of aromatic nitrogens is 2. The van der Waals surface area contributed by atoms with Gasteiger partial charge in [-0.1, -0.05) is 12.1 Å². The summed E-state index contributed by atoms with van der Waals surface area (Å²) in [7, 11) is 0. The zero-order valence-electron chi connectivity index (χ0n) is 10.7. The van der Waals surface area contributed by atoms with E-state index < -0.39 is 0 Å². The second-order valence-electron chi connectivity index (χ2n) is 4.08. The average molecular weight is 365 g/mol. The van der Waals surface area contributed by atoms with Crippen LogP contribution in [0.3, 0.4) is 0 Å². The number of hydrogen-bond donors (Lipinski definition) is 0. The van der Waals surface area contributed by atoms with Crippen LogP contribution in [0.4, 0.5) is 0 Å². The molecule has 3 rings (SSSR count). The predicted molar refractivity (Wildman–Crippen MR) is 81.5 cm³/mol. The van der Waals surface area contributed by atoms with Crippen molar-refractivity contribution >= 4 is 33.6 Å². The Kier molecular flexibility index (Phi) is 4.12. The van der Waals surface area contributed by atoms with E-state index in [0.717, 1.165) is 14.9 Å². The summed E-state index contributed by atoms with van der Waals surface area (Å²) in [6.07, 6.45) is 0.770. The second kappa shape index (κ2) is 6.19. The van der Waals surface area contributed by atoms with E-state index in [2.05, 4.69) is 26.1 Å². The first-order valence-electron chi connectivity index (χ1n) is 6.01. The first-order chi connectivity index (χ1) is 10.2. The number of nitrogens with zero attached hydrogens (tertiary/aromatic N) is 2. The van der Waals surface area contributed by atoms with Crippen LogP contribution >= 0.6 is 27.3 Å². The minimum atomic E-state index is 0.155. The van der Waals surface area contributed by atoms with Crippen LogP contribution in [0.5, 0.6) is 5.75 Å².